The summed E-state index contributed by atoms with van der Waals surface area (Å²) in [6.45, 7) is 1.68. The molecule has 1 N–H and O–H groups in total. The van der Waals surface area contributed by atoms with Crippen molar-refractivity contribution >= 4 is 43.5 Å². The molecule has 0 aliphatic carbocycles. The van der Waals surface area contributed by atoms with E-state index < -0.39 is 34.3 Å². The lowest BCUT2D eigenvalue weighted by Gasteiger charge is -2.33. The van der Waals surface area contributed by atoms with Crippen LogP contribution in [0.4, 0.5) is 10.1 Å². The van der Waals surface area contributed by atoms with Gasteiger partial charge in [-0.3, -0.25) is 13.9 Å². The fourth-order valence-corrected chi connectivity index (χ4v) is 5.20. The van der Waals surface area contributed by atoms with Gasteiger partial charge in [-0.1, -0.05) is 58.4 Å². The molecule has 0 bridgehead atoms. The van der Waals surface area contributed by atoms with E-state index in [0.29, 0.717) is 6.54 Å². The minimum absolute atomic E-state index is 0.0773. The Morgan fingerprint density at radius 1 is 0.973 bits per heavy atom. The van der Waals surface area contributed by atoms with E-state index in [1.165, 1.54) is 17.0 Å². The number of carbonyl (C=O) groups is 2. The van der Waals surface area contributed by atoms with Gasteiger partial charge in [-0.15, -0.1) is 0 Å². The average Bonchev–Trinajstić information content (AvgIpc) is 2.85. The summed E-state index contributed by atoms with van der Waals surface area (Å²) in [5, 5.41) is 2.80. The van der Waals surface area contributed by atoms with E-state index in [1.54, 1.807) is 6.92 Å². The largest absolute Gasteiger partial charge is 0.355 e. The van der Waals surface area contributed by atoms with E-state index in [9.17, 15) is 22.4 Å². The molecule has 0 saturated heterocycles. The van der Waals surface area contributed by atoms with Gasteiger partial charge in [-0.25, -0.2) is 12.8 Å². The molecule has 0 heterocycles. The van der Waals surface area contributed by atoms with Gasteiger partial charge in [0.15, 0.2) is 0 Å². The molecule has 196 valence electrons. The van der Waals surface area contributed by atoms with E-state index in [-0.39, 0.29) is 24.6 Å². The lowest BCUT2D eigenvalue weighted by Crippen LogP contribution is -2.53. The minimum Gasteiger partial charge on any atom is -0.355 e. The van der Waals surface area contributed by atoms with Gasteiger partial charge in [0.05, 0.1) is 11.9 Å². The molecule has 0 radical (unpaired) electrons. The summed E-state index contributed by atoms with van der Waals surface area (Å²) in [6, 6.07) is 20.6. The monoisotopic (exact) mass is 589 g/mol. The van der Waals surface area contributed by atoms with Crippen LogP contribution in [0.15, 0.2) is 83.3 Å². The molecule has 1 atom stereocenters. The summed E-state index contributed by atoms with van der Waals surface area (Å²) < 4.78 is 40.5. The van der Waals surface area contributed by atoms with E-state index in [0.717, 1.165) is 38.3 Å². The highest BCUT2D eigenvalue weighted by atomic mass is 79.9. The number of benzene rings is 3. The van der Waals surface area contributed by atoms with Crippen LogP contribution in [0, 0.1) is 5.82 Å². The van der Waals surface area contributed by atoms with Crippen molar-refractivity contribution in [3.63, 3.8) is 0 Å². The topological polar surface area (TPSA) is 86.8 Å². The van der Waals surface area contributed by atoms with Crippen molar-refractivity contribution in [2.45, 2.75) is 25.9 Å². The first kappa shape index (κ1) is 28.3. The number of halogens is 2. The summed E-state index contributed by atoms with van der Waals surface area (Å²) in [7, 11) is -3.90. The van der Waals surface area contributed by atoms with Crippen LogP contribution in [0.1, 0.15) is 18.1 Å². The van der Waals surface area contributed by atoms with Gasteiger partial charge in [-0.05, 0) is 54.4 Å². The number of anilines is 1. The van der Waals surface area contributed by atoms with E-state index in [2.05, 4.69) is 21.2 Å². The van der Waals surface area contributed by atoms with Crippen molar-refractivity contribution < 1.29 is 22.4 Å². The molecule has 37 heavy (non-hydrogen) atoms. The molecule has 0 aliphatic rings. The molecule has 3 aromatic rings. The number of hydrogen-bond donors (Lipinski definition) is 1. The molecule has 3 aromatic carbocycles. The molecule has 0 aromatic heterocycles. The molecular formula is C27H29BrFN3O4S. The van der Waals surface area contributed by atoms with Gasteiger partial charge >= 0.3 is 0 Å². The van der Waals surface area contributed by atoms with Crippen molar-refractivity contribution in [2.24, 2.45) is 0 Å². The summed E-state index contributed by atoms with van der Waals surface area (Å²) in [5.74, 6) is -1.44. The van der Waals surface area contributed by atoms with Crippen molar-refractivity contribution in [3.05, 3.63) is 100 Å². The highest BCUT2D eigenvalue weighted by molar-refractivity contribution is 9.10. The number of sulfonamides is 1. The summed E-state index contributed by atoms with van der Waals surface area (Å²) >= 11 is 3.44. The first-order valence-corrected chi connectivity index (χ1v) is 14.3. The van der Waals surface area contributed by atoms with Crippen LogP contribution in [0.25, 0.3) is 0 Å². The average molecular weight is 591 g/mol. The van der Waals surface area contributed by atoms with E-state index >= 15 is 0 Å². The van der Waals surface area contributed by atoms with Gasteiger partial charge in [-0.2, -0.15) is 0 Å². The van der Waals surface area contributed by atoms with Crippen molar-refractivity contribution in [1.29, 1.82) is 0 Å². The van der Waals surface area contributed by atoms with Crippen LogP contribution in [0.5, 0.6) is 0 Å². The third kappa shape index (κ3) is 8.13. The zero-order valence-electron chi connectivity index (χ0n) is 20.6. The number of nitrogens with zero attached hydrogens (tertiary/aromatic N) is 2. The summed E-state index contributed by atoms with van der Waals surface area (Å²) in [6.07, 6.45) is 1.22. The van der Waals surface area contributed by atoms with Gasteiger partial charge < -0.3 is 10.2 Å². The maximum atomic E-state index is 13.8. The Kier molecular flexibility index (Phi) is 9.82. The second kappa shape index (κ2) is 12.8. The van der Waals surface area contributed by atoms with Crippen molar-refractivity contribution in [3.8, 4) is 0 Å². The van der Waals surface area contributed by atoms with Crippen molar-refractivity contribution in [1.82, 2.24) is 10.2 Å². The van der Waals surface area contributed by atoms with Crippen LogP contribution in [-0.2, 0) is 32.6 Å². The third-order valence-electron chi connectivity index (χ3n) is 5.66. The number of carbonyl (C=O) groups excluding carboxylic acids is 2. The molecular weight excluding hydrogens is 561 g/mol. The number of hydrogen-bond acceptors (Lipinski definition) is 4. The van der Waals surface area contributed by atoms with Gasteiger partial charge in [0, 0.05) is 24.0 Å². The third-order valence-corrected chi connectivity index (χ3v) is 7.29. The number of rotatable bonds is 11. The Morgan fingerprint density at radius 3 is 2.22 bits per heavy atom. The molecule has 10 heteroatoms. The standard InChI is InChI=1S/C27H29BrFN3O4S/c1-3-30-27(34)25(17-20-8-5-4-6-9-20)31(18-21-10-7-11-22(28)16-21)26(33)19-32(37(2,35)36)24-14-12-23(29)13-15-24/h4-16,25H,3,17-19H2,1-2H3,(H,30,34)/t25-/m0/s1. The van der Waals surface area contributed by atoms with Crippen LogP contribution in [0.2, 0.25) is 0 Å². The lowest BCUT2D eigenvalue weighted by molar-refractivity contribution is -0.140. The molecule has 0 spiro atoms. The lowest BCUT2D eigenvalue weighted by atomic mass is 10.0. The fraction of sp³-hybridized carbons (Fsp3) is 0.259. The number of likely N-dealkylation sites (N-methyl/N-ethyl adjacent to an activating group) is 1. The normalized spacial score (nSPS) is 12.0. The van der Waals surface area contributed by atoms with Crippen molar-refractivity contribution in [2.75, 3.05) is 23.7 Å². The predicted octanol–water partition coefficient (Wildman–Crippen LogP) is 4.13. The van der Waals surface area contributed by atoms with Crippen LogP contribution in [-0.4, -0.2) is 50.5 Å². The Morgan fingerprint density at radius 2 is 1.62 bits per heavy atom. The van der Waals surface area contributed by atoms with Gasteiger partial charge in [0.1, 0.15) is 18.4 Å². The number of nitrogens with one attached hydrogen (secondary N) is 1. The smallest absolute Gasteiger partial charge is 0.244 e. The predicted molar refractivity (Wildman–Crippen MR) is 146 cm³/mol. The second-order valence-electron chi connectivity index (χ2n) is 8.50. The Hall–Kier alpha value is -3.24. The van der Waals surface area contributed by atoms with Gasteiger partial charge in [0.2, 0.25) is 21.8 Å². The first-order valence-electron chi connectivity index (χ1n) is 11.7. The van der Waals surface area contributed by atoms with Crippen LogP contribution in [0.3, 0.4) is 0 Å². The molecule has 0 aliphatic heterocycles. The molecule has 3 rings (SSSR count). The zero-order valence-corrected chi connectivity index (χ0v) is 23.0. The quantitative estimate of drug-likeness (QED) is 0.364. The summed E-state index contributed by atoms with van der Waals surface area (Å²) in [4.78, 5) is 28.5. The van der Waals surface area contributed by atoms with E-state index in [1.807, 2.05) is 54.6 Å². The minimum atomic E-state index is -3.90. The number of amides is 2. The molecule has 2 amide bonds. The highest BCUT2D eigenvalue weighted by Crippen LogP contribution is 2.21. The molecule has 0 fully saturated rings. The molecule has 0 unspecified atom stereocenters. The van der Waals surface area contributed by atoms with E-state index in [4.69, 9.17) is 0 Å². The zero-order chi connectivity index (χ0) is 27.0. The Balaban J connectivity index is 2.03. The molecule has 7 nitrogen and oxygen atoms in total. The van der Waals surface area contributed by atoms with Gasteiger partial charge in [0.25, 0.3) is 0 Å². The Labute approximate surface area is 225 Å². The Bertz CT molecular complexity index is 1320. The van der Waals surface area contributed by atoms with Crippen LogP contribution < -0.4 is 9.62 Å². The highest BCUT2D eigenvalue weighted by Gasteiger charge is 2.32. The fourth-order valence-electron chi connectivity index (χ4n) is 3.90. The SMILES string of the molecule is CCNC(=O)[C@H](Cc1ccccc1)N(Cc1cccc(Br)c1)C(=O)CN(c1ccc(F)cc1)S(C)(=O)=O. The maximum absolute atomic E-state index is 13.8. The van der Waals surface area contributed by atoms with Crippen LogP contribution >= 0.6 is 15.9 Å². The second-order valence-corrected chi connectivity index (χ2v) is 11.3. The first-order chi connectivity index (χ1) is 17.6. The summed E-state index contributed by atoms with van der Waals surface area (Å²) in [5.41, 5.74) is 1.76. The maximum Gasteiger partial charge on any atom is 0.244 e. The molecule has 0 saturated carbocycles.